The fourth-order valence-corrected chi connectivity index (χ4v) is 4.84. The topological polar surface area (TPSA) is 96.0 Å². The summed E-state index contributed by atoms with van der Waals surface area (Å²) in [5.41, 5.74) is 1.13. The number of benzene rings is 2. The Labute approximate surface area is 219 Å². The molecular formula is C26H36ClN3O5S. The Morgan fingerprint density at radius 1 is 1.08 bits per heavy atom. The number of para-hydroxylation sites is 2. The van der Waals surface area contributed by atoms with E-state index in [0.29, 0.717) is 16.5 Å². The highest BCUT2D eigenvalue weighted by Crippen LogP contribution is 2.30. The van der Waals surface area contributed by atoms with Gasteiger partial charge in [0, 0.05) is 30.6 Å². The molecule has 0 heterocycles. The van der Waals surface area contributed by atoms with Gasteiger partial charge in [-0.15, -0.1) is 0 Å². The van der Waals surface area contributed by atoms with Gasteiger partial charge in [-0.05, 0) is 50.5 Å². The molecular weight excluding hydrogens is 502 g/mol. The van der Waals surface area contributed by atoms with E-state index in [2.05, 4.69) is 5.32 Å². The summed E-state index contributed by atoms with van der Waals surface area (Å²) in [6, 6.07) is 13.2. The van der Waals surface area contributed by atoms with Gasteiger partial charge in [0.25, 0.3) is 0 Å². The van der Waals surface area contributed by atoms with Crippen LogP contribution in [0.4, 0.5) is 5.69 Å². The van der Waals surface area contributed by atoms with Crippen molar-refractivity contribution in [3.63, 3.8) is 0 Å². The predicted molar refractivity (Wildman–Crippen MR) is 144 cm³/mol. The first kappa shape index (κ1) is 29.5. The molecule has 0 radical (unpaired) electrons. The van der Waals surface area contributed by atoms with E-state index in [4.69, 9.17) is 16.3 Å². The van der Waals surface area contributed by atoms with E-state index in [1.165, 1.54) is 16.3 Å². The van der Waals surface area contributed by atoms with Gasteiger partial charge in [-0.25, -0.2) is 8.42 Å². The summed E-state index contributed by atoms with van der Waals surface area (Å²) in [5.74, 6) is -0.100. The van der Waals surface area contributed by atoms with Gasteiger partial charge in [-0.2, -0.15) is 0 Å². The zero-order valence-corrected chi connectivity index (χ0v) is 23.1. The van der Waals surface area contributed by atoms with E-state index >= 15 is 0 Å². The lowest BCUT2D eigenvalue weighted by molar-refractivity contribution is -0.140. The highest BCUT2D eigenvalue weighted by atomic mass is 35.5. The van der Waals surface area contributed by atoms with Crippen LogP contribution < -0.4 is 14.4 Å². The van der Waals surface area contributed by atoms with Gasteiger partial charge in [0.15, 0.2) is 0 Å². The first-order chi connectivity index (χ1) is 17.0. The largest absolute Gasteiger partial charge is 0.495 e. The quantitative estimate of drug-likeness (QED) is 0.412. The lowest BCUT2D eigenvalue weighted by Crippen LogP contribution is -2.49. The first-order valence-corrected chi connectivity index (χ1v) is 14.2. The molecule has 10 heteroatoms. The minimum Gasteiger partial charge on any atom is -0.495 e. The summed E-state index contributed by atoms with van der Waals surface area (Å²) < 4.78 is 31.6. The first-order valence-electron chi connectivity index (χ1n) is 11.9. The van der Waals surface area contributed by atoms with Crippen molar-refractivity contribution in [3.05, 3.63) is 59.1 Å². The van der Waals surface area contributed by atoms with Crippen LogP contribution in [0.15, 0.2) is 48.5 Å². The number of carbonyl (C=O) groups excluding carboxylic acids is 2. The van der Waals surface area contributed by atoms with Crippen LogP contribution in [0.1, 0.15) is 45.6 Å². The molecule has 0 bridgehead atoms. The molecule has 0 aromatic heterocycles. The standard InChI is InChI=1S/C26H36ClN3O5S/c1-6-19(2)28-26(32)20(3)29(18-21-12-7-8-13-22(21)27)25(31)16-11-17-30(36(5,33)34)23-14-9-10-15-24(23)35-4/h7-10,12-15,19-20H,6,11,16-18H2,1-5H3,(H,28,32)/t19-,20-/m0/s1. The fraction of sp³-hybridized carbons (Fsp3) is 0.462. The third-order valence-electron chi connectivity index (χ3n) is 5.97. The molecule has 0 saturated heterocycles. The summed E-state index contributed by atoms with van der Waals surface area (Å²) >= 11 is 6.33. The van der Waals surface area contributed by atoms with Gasteiger partial charge in [0.2, 0.25) is 21.8 Å². The average molecular weight is 538 g/mol. The number of carbonyl (C=O) groups is 2. The minimum absolute atomic E-state index is 0.0265. The Morgan fingerprint density at radius 3 is 2.33 bits per heavy atom. The van der Waals surface area contributed by atoms with Crippen LogP contribution in [0.25, 0.3) is 0 Å². The molecule has 1 N–H and O–H groups in total. The van der Waals surface area contributed by atoms with Crippen LogP contribution in [0, 0.1) is 0 Å². The third-order valence-corrected chi connectivity index (χ3v) is 7.52. The maximum Gasteiger partial charge on any atom is 0.242 e. The fourth-order valence-electron chi connectivity index (χ4n) is 3.68. The predicted octanol–water partition coefficient (Wildman–Crippen LogP) is 4.23. The van der Waals surface area contributed by atoms with Gasteiger partial charge in [0.1, 0.15) is 11.8 Å². The van der Waals surface area contributed by atoms with E-state index in [9.17, 15) is 18.0 Å². The van der Waals surface area contributed by atoms with Crippen LogP contribution in [0.2, 0.25) is 5.02 Å². The monoisotopic (exact) mass is 537 g/mol. The summed E-state index contributed by atoms with van der Waals surface area (Å²) in [6.45, 7) is 5.80. The number of nitrogens with zero attached hydrogens (tertiary/aromatic N) is 2. The molecule has 0 fully saturated rings. The normalized spacial score (nSPS) is 12.9. The summed E-state index contributed by atoms with van der Waals surface area (Å²) in [4.78, 5) is 27.7. The highest BCUT2D eigenvalue weighted by molar-refractivity contribution is 7.92. The van der Waals surface area contributed by atoms with Gasteiger partial charge in [-0.1, -0.05) is 48.9 Å². The lowest BCUT2D eigenvalue weighted by atomic mass is 10.1. The van der Waals surface area contributed by atoms with Crippen molar-refractivity contribution in [2.24, 2.45) is 0 Å². The van der Waals surface area contributed by atoms with Crippen LogP contribution >= 0.6 is 11.6 Å². The van der Waals surface area contributed by atoms with Crippen LogP contribution in [-0.2, 0) is 26.2 Å². The molecule has 2 rings (SSSR count). The van der Waals surface area contributed by atoms with Crippen molar-refractivity contribution in [2.75, 3.05) is 24.2 Å². The lowest BCUT2D eigenvalue weighted by Gasteiger charge is -2.30. The molecule has 0 aliphatic heterocycles. The number of nitrogens with one attached hydrogen (secondary N) is 1. The van der Waals surface area contributed by atoms with Crippen molar-refractivity contribution in [1.82, 2.24) is 10.2 Å². The van der Waals surface area contributed by atoms with Gasteiger partial charge in [0.05, 0.1) is 19.1 Å². The summed E-state index contributed by atoms with van der Waals surface area (Å²) in [7, 11) is -2.15. The molecule has 198 valence electrons. The maximum atomic E-state index is 13.4. The Hall–Kier alpha value is -2.78. The number of halogens is 1. The number of sulfonamides is 1. The maximum absolute atomic E-state index is 13.4. The Bertz CT molecular complexity index is 1140. The van der Waals surface area contributed by atoms with Gasteiger partial charge < -0.3 is 15.0 Å². The number of hydrogen-bond acceptors (Lipinski definition) is 5. The zero-order chi connectivity index (χ0) is 26.9. The molecule has 2 atom stereocenters. The van der Waals surface area contributed by atoms with E-state index in [1.807, 2.05) is 26.0 Å². The number of ether oxygens (including phenoxy) is 1. The number of amides is 2. The molecule has 0 aliphatic carbocycles. The van der Waals surface area contributed by atoms with Crippen LogP contribution in [0.5, 0.6) is 5.75 Å². The average Bonchev–Trinajstić information content (AvgIpc) is 2.84. The van der Waals surface area contributed by atoms with Crippen molar-refractivity contribution in [2.45, 2.75) is 58.7 Å². The Balaban J connectivity index is 2.21. The van der Waals surface area contributed by atoms with Crippen LogP contribution in [-0.4, -0.2) is 57.1 Å². The third kappa shape index (κ3) is 8.13. The molecule has 0 spiro atoms. The minimum atomic E-state index is -3.62. The SMILES string of the molecule is CC[C@H](C)NC(=O)[C@H](C)N(Cc1ccccc1Cl)C(=O)CCCN(c1ccccc1OC)S(C)(=O)=O. The molecule has 0 unspecified atom stereocenters. The van der Waals surface area contributed by atoms with Gasteiger partial charge in [-0.3, -0.25) is 13.9 Å². The molecule has 2 aromatic carbocycles. The zero-order valence-electron chi connectivity index (χ0n) is 21.5. The highest BCUT2D eigenvalue weighted by Gasteiger charge is 2.28. The molecule has 0 aliphatic rings. The Morgan fingerprint density at radius 2 is 1.72 bits per heavy atom. The van der Waals surface area contributed by atoms with Crippen molar-refractivity contribution in [3.8, 4) is 5.75 Å². The number of hydrogen-bond donors (Lipinski definition) is 1. The van der Waals surface area contributed by atoms with E-state index in [0.717, 1.165) is 18.2 Å². The molecule has 36 heavy (non-hydrogen) atoms. The second kappa shape index (κ2) is 13.5. The van der Waals surface area contributed by atoms with Crippen molar-refractivity contribution in [1.29, 1.82) is 0 Å². The molecule has 2 amide bonds. The van der Waals surface area contributed by atoms with Crippen molar-refractivity contribution >= 4 is 39.1 Å². The smallest absolute Gasteiger partial charge is 0.242 e. The van der Waals surface area contributed by atoms with E-state index in [1.54, 1.807) is 43.3 Å². The molecule has 0 saturated carbocycles. The van der Waals surface area contributed by atoms with Crippen LogP contribution in [0.3, 0.4) is 0 Å². The van der Waals surface area contributed by atoms with E-state index in [-0.39, 0.29) is 43.8 Å². The number of anilines is 1. The van der Waals surface area contributed by atoms with Crippen molar-refractivity contribution < 1.29 is 22.7 Å². The van der Waals surface area contributed by atoms with E-state index < -0.39 is 16.1 Å². The summed E-state index contributed by atoms with van der Waals surface area (Å²) in [6.07, 6.45) is 2.18. The Kier molecular flexibility index (Phi) is 11.0. The molecule has 2 aromatic rings. The number of methoxy groups -OCH3 is 1. The second-order valence-electron chi connectivity index (χ2n) is 8.72. The summed E-state index contributed by atoms with van der Waals surface area (Å²) in [5, 5.41) is 3.43. The molecule has 8 nitrogen and oxygen atoms in total. The van der Waals surface area contributed by atoms with Gasteiger partial charge >= 0.3 is 0 Å². The number of rotatable bonds is 13. The second-order valence-corrected chi connectivity index (χ2v) is 11.0.